The number of nitrogens with one attached hydrogen (secondary N) is 1. The third-order valence-electron chi connectivity index (χ3n) is 3.12. The van der Waals surface area contributed by atoms with E-state index in [-0.39, 0.29) is 17.2 Å². The molecule has 2 unspecified atom stereocenters. The van der Waals surface area contributed by atoms with Crippen LogP contribution in [-0.2, 0) is 4.79 Å². The van der Waals surface area contributed by atoms with Gasteiger partial charge in [-0.25, -0.2) is 0 Å². The molecule has 2 rings (SSSR count). The van der Waals surface area contributed by atoms with Crippen molar-refractivity contribution >= 4 is 29.3 Å². The number of amides is 1. The second-order valence-corrected chi connectivity index (χ2v) is 6.21. The van der Waals surface area contributed by atoms with Crippen molar-refractivity contribution in [2.45, 2.75) is 36.0 Å². The summed E-state index contributed by atoms with van der Waals surface area (Å²) in [7, 11) is 0. The second kappa shape index (κ2) is 6.48. The van der Waals surface area contributed by atoms with Crippen LogP contribution in [0.4, 0.5) is 0 Å². The molecule has 0 radical (unpaired) electrons. The SMILES string of the molecule is CCCC(Cl)CNC(=O)C1CSc2ccccc21. The Kier molecular flexibility index (Phi) is 4.95. The average molecular weight is 284 g/mol. The largest absolute Gasteiger partial charge is 0.354 e. The summed E-state index contributed by atoms with van der Waals surface area (Å²) in [5.41, 5.74) is 1.15. The molecule has 0 saturated carbocycles. The van der Waals surface area contributed by atoms with Crippen molar-refractivity contribution in [3.63, 3.8) is 0 Å². The molecule has 1 aromatic carbocycles. The van der Waals surface area contributed by atoms with Crippen molar-refractivity contribution in [3.8, 4) is 0 Å². The van der Waals surface area contributed by atoms with E-state index >= 15 is 0 Å². The van der Waals surface area contributed by atoms with E-state index in [0.717, 1.165) is 24.2 Å². The van der Waals surface area contributed by atoms with Gasteiger partial charge in [0.1, 0.15) is 0 Å². The maximum absolute atomic E-state index is 12.1. The normalized spacial score (nSPS) is 19.3. The Balaban J connectivity index is 1.91. The zero-order valence-corrected chi connectivity index (χ0v) is 12.1. The molecule has 1 aliphatic heterocycles. The molecule has 2 nitrogen and oxygen atoms in total. The Bertz CT molecular complexity index is 424. The number of hydrogen-bond acceptors (Lipinski definition) is 2. The Morgan fingerprint density at radius 3 is 3.11 bits per heavy atom. The van der Waals surface area contributed by atoms with Crippen molar-refractivity contribution in [2.24, 2.45) is 0 Å². The number of rotatable bonds is 5. The number of hydrogen-bond donors (Lipinski definition) is 1. The van der Waals surface area contributed by atoms with Gasteiger partial charge in [-0.15, -0.1) is 23.4 Å². The van der Waals surface area contributed by atoms with E-state index in [4.69, 9.17) is 11.6 Å². The van der Waals surface area contributed by atoms with Gasteiger partial charge in [-0.1, -0.05) is 31.5 Å². The van der Waals surface area contributed by atoms with Crippen LogP contribution in [-0.4, -0.2) is 23.6 Å². The highest BCUT2D eigenvalue weighted by molar-refractivity contribution is 7.99. The third kappa shape index (κ3) is 3.21. The standard InChI is InChI=1S/C14H18ClNOS/c1-2-5-10(15)8-16-14(17)12-9-18-13-7-4-3-6-11(12)13/h3-4,6-7,10,12H,2,5,8-9H2,1H3,(H,16,17). The summed E-state index contributed by atoms with van der Waals surface area (Å²) < 4.78 is 0. The summed E-state index contributed by atoms with van der Waals surface area (Å²) in [6.07, 6.45) is 1.99. The summed E-state index contributed by atoms with van der Waals surface area (Å²) in [5, 5.41) is 3.01. The molecule has 0 spiro atoms. The van der Waals surface area contributed by atoms with Gasteiger partial charge in [0.2, 0.25) is 5.91 Å². The van der Waals surface area contributed by atoms with Crippen LogP contribution in [0.2, 0.25) is 0 Å². The second-order valence-electron chi connectivity index (χ2n) is 4.53. The lowest BCUT2D eigenvalue weighted by molar-refractivity contribution is -0.122. The first kappa shape index (κ1) is 13.8. The smallest absolute Gasteiger partial charge is 0.228 e. The van der Waals surface area contributed by atoms with Crippen molar-refractivity contribution < 1.29 is 4.79 Å². The zero-order chi connectivity index (χ0) is 13.0. The monoisotopic (exact) mass is 283 g/mol. The number of thioether (sulfide) groups is 1. The molecule has 98 valence electrons. The minimum Gasteiger partial charge on any atom is -0.354 e. The quantitative estimate of drug-likeness (QED) is 0.839. The Morgan fingerprint density at radius 2 is 2.33 bits per heavy atom. The summed E-state index contributed by atoms with van der Waals surface area (Å²) in [4.78, 5) is 13.4. The number of fused-ring (bicyclic) bond motifs is 1. The van der Waals surface area contributed by atoms with Gasteiger partial charge in [0.15, 0.2) is 0 Å². The lowest BCUT2D eigenvalue weighted by Gasteiger charge is -2.14. The van der Waals surface area contributed by atoms with Crippen LogP contribution in [0.25, 0.3) is 0 Å². The van der Waals surface area contributed by atoms with E-state index < -0.39 is 0 Å². The Morgan fingerprint density at radius 1 is 1.56 bits per heavy atom. The summed E-state index contributed by atoms with van der Waals surface area (Å²) in [6.45, 7) is 2.67. The van der Waals surface area contributed by atoms with Crippen LogP contribution < -0.4 is 5.32 Å². The van der Waals surface area contributed by atoms with E-state index in [2.05, 4.69) is 18.3 Å². The number of benzene rings is 1. The van der Waals surface area contributed by atoms with E-state index in [0.29, 0.717) is 6.54 Å². The minimum absolute atomic E-state index is 0.0170. The molecule has 1 amide bonds. The molecule has 2 atom stereocenters. The fourth-order valence-electron chi connectivity index (χ4n) is 2.13. The van der Waals surface area contributed by atoms with E-state index in [9.17, 15) is 4.79 Å². The topological polar surface area (TPSA) is 29.1 Å². The Labute approximate surface area is 117 Å². The van der Waals surface area contributed by atoms with E-state index in [1.54, 1.807) is 11.8 Å². The van der Waals surface area contributed by atoms with Crippen LogP contribution in [0, 0.1) is 0 Å². The molecule has 4 heteroatoms. The number of halogens is 1. The molecule has 1 aromatic rings. The molecule has 0 saturated heterocycles. The fourth-order valence-corrected chi connectivity index (χ4v) is 3.65. The molecule has 1 N–H and O–H groups in total. The van der Waals surface area contributed by atoms with Crippen molar-refractivity contribution in [1.82, 2.24) is 5.32 Å². The average Bonchev–Trinajstić information content (AvgIpc) is 2.80. The van der Waals surface area contributed by atoms with Gasteiger partial charge in [0, 0.05) is 17.2 Å². The van der Waals surface area contributed by atoms with Crippen LogP contribution in [0.15, 0.2) is 29.2 Å². The predicted molar refractivity (Wildman–Crippen MR) is 77.5 cm³/mol. The number of carbonyl (C=O) groups is 1. The maximum Gasteiger partial charge on any atom is 0.228 e. The number of carbonyl (C=O) groups excluding carboxylic acids is 1. The van der Waals surface area contributed by atoms with Gasteiger partial charge in [-0.05, 0) is 18.1 Å². The van der Waals surface area contributed by atoms with Crippen LogP contribution in [0.3, 0.4) is 0 Å². The highest BCUT2D eigenvalue weighted by atomic mass is 35.5. The molecular formula is C14H18ClNOS. The minimum atomic E-state index is -0.0170. The van der Waals surface area contributed by atoms with Gasteiger partial charge in [-0.2, -0.15) is 0 Å². The first-order valence-electron chi connectivity index (χ1n) is 6.36. The zero-order valence-electron chi connectivity index (χ0n) is 10.5. The van der Waals surface area contributed by atoms with Crippen LogP contribution in [0.1, 0.15) is 31.2 Å². The molecule has 0 fully saturated rings. The first-order chi connectivity index (χ1) is 8.72. The van der Waals surface area contributed by atoms with Crippen LogP contribution >= 0.6 is 23.4 Å². The lowest BCUT2D eigenvalue weighted by atomic mass is 10.0. The fraction of sp³-hybridized carbons (Fsp3) is 0.500. The summed E-state index contributed by atoms with van der Waals surface area (Å²) in [5.74, 6) is 0.928. The lowest BCUT2D eigenvalue weighted by Crippen LogP contribution is -2.33. The molecule has 0 aromatic heterocycles. The third-order valence-corrected chi connectivity index (χ3v) is 4.67. The van der Waals surface area contributed by atoms with Crippen molar-refractivity contribution in [2.75, 3.05) is 12.3 Å². The molecule has 1 heterocycles. The van der Waals surface area contributed by atoms with E-state index in [1.165, 1.54) is 4.90 Å². The van der Waals surface area contributed by atoms with Gasteiger partial charge in [-0.3, -0.25) is 4.79 Å². The van der Waals surface area contributed by atoms with Gasteiger partial charge >= 0.3 is 0 Å². The van der Waals surface area contributed by atoms with E-state index in [1.807, 2.05) is 18.2 Å². The number of alkyl halides is 1. The highest BCUT2D eigenvalue weighted by Crippen LogP contribution is 2.39. The predicted octanol–water partition coefficient (Wildman–Crippen LogP) is 3.40. The molecule has 1 aliphatic rings. The highest BCUT2D eigenvalue weighted by Gasteiger charge is 2.28. The van der Waals surface area contributed by atoms with Crippen LogP contribution in [0.5, 0.6) is 0 Å². The molecule has 0 aliphatic carbocycles. The summed E-state index contributed by atoms with van der Waals surface area (Å²) >= 11 is 7.87. The first-order valence-corrected chi connectivity index (χ1v) is 7.78. The molecule has 0 bridgehead atoms. The maximum atomic E-state index is 12.1. The van der Waals surface area contributed by atoms with Gasteiger partial charge in [0.05, 0.1) is 11.3 Å². The van der Waals surface area contributed by atoms with Gasteiger partial charge in [0.25, 0.3) is 0 Å². The Hall–Kier alpha value is -0.670. The summed E-state index contributed by atoms with van der Waals surface area (Å²) in [6, 6.07) is 8.13. The van der Waals surface area contributed by atoms with Crippen molar-refractivity contribution in [1.29, 1.82) is 0 Å². The molecule has 18 heavy (non-hydrogen) atoms. The molecular weight excluding hydrogens is 266 g/mol. The van der Waals surface area contributed by atoms with Gasteiger partial charge < -0.3 is 5.32 Å². The van der Waals surface area contributed by atoms with Crippen molar-refractivity contribution in [3.05, 3.63) is 29.8 Å².